The molecule has 32 heavy (non-hydrogen) atoms. The molecule has 2 rings (SSSR count). The van der Waals surface area contributed by atoms with Gasteiger partial charge in [-0.05, 0) is 63.6 Å². The molecule has 0 aliphatic heterocycles. The standard InChI is InChI=1S/C21H29N3O6S2/c1-15(2)24-32(28,29)19-9-10-20(17(4)13-19)30-14-21(25)22-11-12-23-31(26,27)18-7-5-16(3)6-8-18/h5-10,13,15,23-24H,11-12,14H2,1-4H3,(H,22,25). The first-order valence-electron chi connectivity index (χ1n) is 9.99. The lowest BCUT2D eigenvalue weighted by Crippen LogP contribution is -2.36. The Hall–Kier alpha value is -2.47. The molecule has 176 valence electrons. The van der Waals surface area contributed by atoms with Crippen LogP contribution >= 0.6 is 0 Å². The summed E-state index contributed by atoms with van der Waals surface area (Å²) in [4.78, 5) is 12.3. The Morgan fingerprint density at radius 1 is 0.906 bits per heavy atom. The molecule has 2 aromatic rings. The van der Waals surface area contributed by atoms with E-state index < -0.39 is 26.0 Å². The van der Waals surface area contributed by atoms with E-state index in [1.54, 1.807) is 32.9 Å². The normalized spacial score (nSPS) is 12.0. The van der Waals surface area contributed by atoms with Gasteiger partial charge in [0.1, 0.15) is 5.75 Å². The van der Waals surface area contributed by atoms with Crippen LogP contribution in [0.2, 0.25) is 0 Å². The summed E-state index contributed by atoms with van der Waals surface area (Å²) in [6.07, 6.45) is 0. The van der Waals surface area contributed by atoms with Crippen LogP contribution < -0.4 is 19.5 Å². The maximum atomic E-state index is 12.2. The molecule has 0 heterocycles. The van der Waals surface area contributed by atoms with Crippen molar-refractivity contribution in [3.8, 4) is 5.75 Å². The highest BCUT2D eigenvalue weighted by atomic mass is 32.2. The maximum Gasteiger partial charge on any atom is 0.257 e. The first kappa shape index (κ1) is 25.8. The van der Waals surface area contributed by atoms with E-state index in [0.717, 1.165) is 5.56 Å². The van der Waals surface area contributed by atoms with Crippen LogP contribution in [0, 0.1) is 13.8 Å². The predicted molar refractivity (Wildman–Crippen MR) is 122 cm³/mol. The minimum absolute atomic E-state index is 0.0242. The van der Waals surface area contributed by atoms with Crippen molar-refractivity contribution in [2.45, 2.75) is 43.5 Å². The third kappa shape index (κ3) is 7.59. The fraction of sp³-hybridized carbons (Fsp3) is 0.381. The van der Waals surface area contributed by atoms with Gasteiger partial charge in [0, 0.05) is 19.1 Å². The Morgan fingerprint density at radius 2 is 1.53 bits per heavy atom. The Kier molecular flexibility index (Phi) is 8.79. The van der Waals surface area contributed by atoms with Crippen LogP contribution in [0.3, 0.4) is 0 Å². The summed E-state index contributed by atoms with van der Waals surface area (Å²) in [6.45, 7) is 6.83. The second kappa shape index (κ2) is 10.9. The van der Waals surface area contributed by atoms with Crippen molar-refractivity contribution in [3.05, 3.63) is 53.6 Å². The lowest BCUT2D eigenvalue weighted by molar-refractivity contribution is -0.123. The molecule has 0 aliphatic rings. The Bertz CT molecular complexity index is 1140. The summed E-state index contributed by atoms with van der Waals surface area (Å²) in [5, 5.41) is 2.57. The number of rotatable bonds is 11. The van der Waals surface area contributed by atoms with Crippen LogP contribution in [0.25, 0.3) is 0 Å². The van der Waals surface area contributed by atoms with E-state index in [2.05, 4.69) is 14.8 Å². The van der Waals surface area contributed by atoms with Gasteiger partial charge in [-0.1, -0.05) is 17.7 Å². The second-order valence-electron chi connectivity index (χ2n) is 7.55. The van der Waals surface area contributed by atoms with Gasteiger partial charge in [-0.3, -0.25) is 4.79 Å². The highest BCUT2D eigenvalue weighted by molar-refractivity contribution is 7.89. The maximum absolute atomic E-state index is 12.2. The van der Waals surface area contributed by atoms with E-state index in [0.29, 0.717) is 11.3 Å². The molecule has 11 heteroatoms. The highest BCUT2D eigenvalue weighted by Crippen LogP contribution is 2.22. The number of carbonyl (C=O) groups excluding carboxylic acids is 1. The van der Waals surface area contributed by atoms with Crippen LogP contribution in [0.15, 0.2) is 52.3 Å². The third-order valence-corrected chi connectivity index (χ3v) is 7.41. The summed E-state index contributed by atoms with van der Waals surface area (Å²) < 4.78 is 59.2. The molecule has 3 N–H and O–H groups in total. The quantitative estimate of drug-likeness (QED) is 0.415. The monoisotopic (exact) mass is 483 g/mol. The summed E-state index contributed by atoms with van der Waals surface area (Å²) in [7, 11) is -7.27. The van der Waals surface area contributed by atoms with Crippen molar-refractivity contribution >= 4 is 26.0 Å². The largest absolute Gasteiger partial charge is 0.484 e. The zero-order valence-corrected chi connectivity index (χ0v) is 20.1. The summed E-state index contributed by atoms with van der Waals surface area (Å²) in [6, 6.07) is 10.6. The number of amides is 1. The SMILES string of the molecule is Cc1ccc(S(=O)(=O)NCCNC(=O)COc2ccc(S(=O)(=O)NC(C)C)cc2C)cc1. The van der Waals surface area contributed by atoms with Gasteiger partial charge < -0.3 is 10.1 Å². The van der Waals surface area contributed by atoms with Gasteiger partial charge in [0.25, 0.3) is 5.91 Å². The van der Waals surface area contributed by atoms with E-state index >= 15 is 0 Å². The zero-order chi connectivity index (χ0) is 23.9. The minimum atomic E-state index is -3.65. The molecule has 0 spiro atoms. The van der Waals surface area contributed by atoms with Crippen molar-refractivity contribution in [1.29, 1.82) is 0 Å². The summed E-state index contributed by atoms with van der Waals surface area (Å²) in [5.74, 6) is -0.0548. The van der Waals surface area contributed by atoms with Gasteiger partial charge in [-0.2, -0.15) is 0 Å². The van der Waals surface area contributed by atoms with Gasteiger partial charge in [0.15, 0.2) is 6.61 Å². The van der Waals surface area contributed by atoms with Crippen LogP contribution in [-0.4, -0.2) is 48.5 Å². The molecule has 0 unspecified atom stereocenters. The molecule has 0 bridgehead atoms. The van der Waals surface area contributed by atoms with Crippen molar-refractivity contribution < 1.29 is 26.4 Å². The number of hydrogen-bond acceptors (Lipinski definition) is 6. The molecular weight excluding hydrogens is 454 g/mol. The highest BCUT2D eigenvalue weighted by Gasteiger charge is 2.17. The van der Waals surface area contributed by atoms with Gasteiger partial charge >= 0.3 is 0 Å². The van der Waals surface area contributed by atoms with Crippen molar-refractivity contribution in [3.63, 3.8) is 0 Å². The Morgan fingerprint density at radius 3 is 2.12 bits per heavy atom. The van der Waals surface area contributed by atoms with Gasteiger partial charge in [0.2, 0.25) is 20.0 Å². The van der Waals surface area contributed by atoms with Crippen molar-refractivity contribution in [2.24, 2.45) is 0 Å². The fourth-order valence-corrected chi connectivity index (χ4v) is 5.08. The number of nitrogens with one attached hydrogen (secondary N) is 3. The number of benzene rings is 2. The molecule has 0 aromatic heterocycles. The van der Waals surface area contributed by atoms with Crippen molar-refractivity contribution in [1.82, 2.24) is 14.8 Å². The number of sulfonamides is 2. The predicted octanol–water partition coefficient (Wildman–Crippen LogP) is 1.46. The smallest absolute Gasteiger partial charge is 0.257 e. The number of hydrogen-bond donors (Lipinski definition) is 3. The molecular formula is C21H29N3O6S2. The molecule has 0 saturated carbocycles. The van der Waals surface area contributed by atoms with E-state index in [9.17, 15) is 21.6 Å². The first-order valence-corrected chi connectivity index (χ1v) is 13.0. The van der Waals surface area contributed by atoms with E-state index in [4.69, 9.17) is 4.74 Å². The molecule has 0 atom stereocenters. The van der Waals surface area contributed by atoms with E-state index in [-0.39, 0.29) is 35.5 Å². The Labute approximate surface area is 189 Å². The van der Waals surface area contributed by atoms with Gasteiger partial charge in [-0.25, -0.2) is 26.3 Å². The Balaban J connectivity index is 1.81. The third-order valence-electron chi connectivity index (χ3n) is 4.28. The van der Waals surface area contributed by atoms with E-state index in [1.165, 1.54) is 30.3 Å². The molecule has 2 aromatic carbocycles. The van der Waals surface area contributed by atoms with Crippen LogP contribution in [0.5, 0.6) is 5.75 Å². The van der Waals surface area contributed by atoms with Gasteiger partial charge in [-0.15, -0.1) is 0 Å². The molecule has 1 amide bonds. The average molecular weight is 484 g/mol. The summed E-state index contributed by atoms with van der Waals surface area (Å²) >= 11 is 0. The number of aryl methyl sites for hydroxylation is 2. The van der Waals surface area contributed by atoms with Crippen LogP contribution in [0.4, 0.5) is 0 Å². The second-order valence-corrected chi connectivity index (χ2v) is 11.0. The molecule has 0 radical (unpaired) electrons. The fourth-order valence-electron chi connectivity index (χ4n) is 2.71. The first-order chi connectivity index (χ1) is 14.9. The topological polar surface area (TPSA) is 131 Å². The average Bonchev–Trinajstić information content (AvgIpc) is 2.69. The van der Waals surface area contributed by atoms with E-state index in [1.807, 2.05) is 6.92 Å². The number of carbonyl (C=O) groups is 1. The van der Waals surface area contributed by atoms with Crippen LogP contribution in [-0.2, 0) is 24.8 Å². The number of ether oxygens (including phenoxy) is 1. The lowest BCUT2D eigenvalue weighted by Gasteiger charge is -2.13. The molecule has 9 nitrogen and oxygen atoms in total. The van der Waals surface area contributed by atoms with Crippen LogP contribution in [0.1, 0.15) is 25.0 Å². The lowest BCUT2D eigenvalue weighted by atomic mass is 10.2. The van der Waals surface area contributed by atoms with Gasteiger partial charge in [0.05, 0.1) is 9.79 Å². The summed E-state index contributed by atoms with van der Waals surface area (Å²) in [5.41, 5.74) is 1.52. The minimum Gasteiger partial charge on any atom is -0.484 e. The van der Waals surface area contributed by atoms with Crippen molar-refractivity contribution in [2.75, 3.05) is 19.7 Å². The molecule has 0 aliphatic carbocycles. The molecule has 0 saturated heterocycles. The zero-order valence-electron chi connectivity index (χ0n) is 18.5. The molecule has 0 fully saturated rings.